The number of nitroso groups, excluding NO2 is 1. The molecule has 1 rings (SSSR count). The summed E-state index contributed by atoms with van der Waals surface area (Å²) in [5, 5.41) is 2.47. The van der Waals surface area contributed by atoms with Crippen molar-refractivity contribution < 1.29 is 9.59 Å². The van der Waals surface area contributed by atoms with E-state index < -0.39 is 5.41 Å². The van der Waals surface area contributed by atoms with Gasteiger partial charge >= 0.3 is 0 Å². The Morgan fingerprint density at radius 2 is 2.00 bits per heavy atom. The van der Waals surface area contributed by atoms with Gasteiger partial charge in [-0.1, -0.05) is 13.8 Å². The predicted molar refractivity (Wildman–Crippen MR) is 46.9 cm³/mol. The molecule has 0 N–H and O–H groups in total. The standard InChI is InChI=1S/C9H11NO3/c1-9(2)4-3-7(11)6(5-10-13)8(9)12/h5H,3-4H2,1-2H3/b6-5+. The molecule has 0 saturated heterocycles. The van der Waals surface area contributed by atoms with Gasteiger partial charge in [-0.25, -0.2) is 0 Å². The van der Waals surface area contributed by atoms with Crippen molar-refractivity contribution >= 4 is 11.6 Å². The van der Waals surface area contributed by atoms with Gasteiger partial charge in [-0.3, -0.25) is 9.59 Å². The van der Waals surface area contributed by atoms with Crippen LogP contribution in [0, 0.1) is 10.3 Å². The minimum atomic E-state index is -0.537. The van der Waals surface area contributed by atoms with Gasteiger partial charge in [0.15, 0.2) is 11.6 Å². The van der Waals surface area contributed by atoms with Crippen molar-refractivity contribution in [3.8, 4) is 0 Å². The topological polar surface area (TPSA) is 63.6 Å². The summed E-state index contributed by atoms with van der Waals surface area (Å²) >= 11 is 0. The minimum Gasteiger partial charge on any atom is -0.294 e. The third-order valence-corrected chi connectivity index (χ3v) is 2.32. The molecule has 0 amide bonds. The van der Waals surface area contributed by atoms with Crippen LogP contribution < -0.4 is 0 Å². The maximum absolute atomic E-state index is 11.6. The molecule has 0 radical (unpaired) electrons. The van der Waals surface area contributed by atoms with E-state index in [9.17, 15) is 14.5 Å². The molecule has 70 valence electrons. The quantitative estimate of drug-likeness (QED) is 0.350. The van der Waals surface area contributed by atoms with Crippen molar-refractivity contribution in [2.45, 2.75) is 26.7 Å². The smallest absolute Gasteiger partial charge is 0.173 e. The van der Waals surface area contributed by atoms with E-state index in [-0.39, 0.29) is 17.1 Å². The Morgan fingerprint density at radius 3 is 2.54 bits per heavy atom. The highest BCUT2D eigenvalue weighted by atomic mass is 16.2. The maximum atomic E-state index is 11.6. The SMILES string of the molecule is CC1(C)CCC(=O)/C(=C\N=O)C1=O. The molecule has 0 aliphatic heterocycles. The number of nitrogens with zero attached hydrogens (tertiary/aromatic N) is 1. The minimum absolute atomic E-state index is 0.0498. The third-order valence-electron chi connectivity index (χ3n) is 2.32. The molecule has 0 heterocycles. The lowest BCUT2D eigenvalue weighted by atomic mass is 9.73. The van der Waals surface area contributed by atoms with E-state index in [1.807, 2.05) is 0 Å². The number of hydrogen-bond donors (Lipinski definition) is 0. The lowest BCUT2D eigenvalue weighted by molar-refractivity contribution is -0.130. The van der Waals surface area contributed by atoms with E-state index in [0.29, 0.717) is 12.8 Å². The van der Waals surface area contributed by atoms with E-state index in [4.69, 9.17) is 0 Å². The van der Waals surface area contributed by atoms with Gasteiger partial charge < -0.3 is 0 Å². The number of carbonyl (C=O) groups excluding carboxylic acids is 2. The summed E-state index contributed by atoms with van der Waals surface area (Å²) in [6.07, 6.45) is 1.69. The molecule has 1 fully saturated rings. The third kappa shape index (κ3) is 1.71. The van der Waals surface area contributed by atoms with E-state index >= 15 is 0 Å². The van der Waals surface area contributed by atoms with Crippen LogP contribution in [0.25, 0.3) is 0 Å². The zero-order valence-electron chi connectivity index (χ0n) is 7.66. The summed E-state index contributed by atoms with van der Waals surface area (Å²) < 4.78 is 0. The van der Waals surface area contributed by atoms with Gasteiger partial charge in [-0.15, -0.1) is 4.91 Å². The van der Waals surface area contributed by atoms with Crippen molar-refractivity contribution in [3.63, 3.8) is 0 Å². The first kappa shape index (κ1) is 9.77. The fourth-order valence-electron chi connectivity index (χ4n) is 1.35. The molecule has 0 bridgehead atoms. The van der Waals surface area contributed by atoms with Crippen LogP contribution in [0.3, 0.4) is 0 Å². The fourth-order valence-corrected chi connectivity index (χ4v) is 1.35. The van der Waals surface area contributed by atoms with E-state index in [1.165, 1.54) is 0 Å². The van der Waals surface area contributed by atoms with Gasteiger partial charge in [-0.05, 0) is 11.6 Å². The maximum Gasteiger partial charge on any atom is 0.173 e. The lowest BCUT2D eigenvalue weighted by Crippen LogP contribution is -2.34. The average molecular weight is 181 g/mol. The molecule has 0 aromatic heterocycles. The highest BCUT2D eigenvalue weighted by Gasteiger charge is 2.38. The monoisotopic (exact) mass is 181 g/mol. The van der Waals surface area contributed by atoms with Crippen LogP contribution in [-0.2, 0) is 9.59 Å². The number of carbonyl (C=O) groups is 2. The Morgan fingerprint density at radius 1 is 1.38 bits per heavy atom. The van der Waals surface area contributed by atoms with Crippen molar-refractivity contribution in [1.29, 1.82) is 0 Å². The van der Waals surface area contributed by atoms with Crippen LogP contribution in [0.2, 0.25) is 0 Å². The molecule has 0 unspecified atom stereocenters. The molecule has 1 aliphatic rings. The molecule has 1 saturated carbocycles. The molecular weight excluding hydrogens is 170 g/mol. The first-order chi connectivity index (χ1) is 5.99. The van der Waals surface area contributed by atoms with Crippen LogP contribution >= 0.6 is 0 Å². The van der Waals surface area contributed by atoms with Crippen LogP contribution in [0.1, 0.15) is 26.7 Å². The highest BCUT2D eigenvalue weighted by molar-refractivity contribution is 6.23. The molecule has 0 spiro atoms. The molecule has 13 heavy (non-hydrogen) atoms. The number of Topliss-reactive ketones (excluding diaryl/α,β-unsaturated/α-hetero) is 2. The molecule has 0 aromatic carbocycles. The Bertz CT molecular complexity index is 302. The zero-order valence-corrected chi connectivity index (χ0v) is 7.66. The summed E-state index contributed by atoms with van der Waals surface area (Å²) in [6.45, 7) is 3.53. The number of hydrogen-bond acceptors (Lipinski definition) is 4. The second-order valence-electron chi connectivity index (χ2n) is 3.78. The van der Waals surface area contributed by atoms with Crippen molar-refractivity contribution in [1.82, 2.24) is 0 Å². The second-order valence-corrected chi connectivity index (χ2v) is 3.78. The van der Waals surface area contributed by atoms with Gasteiger partial charge in [0.1, 0.15) is 0 Å². The van der Waals surface area contributed by atoms with E-state index in [0.717, 1.165) is 6.20 Å². The largest absolute Gasteiger partial charge is 0.294 e. The normalized spacial score (nSPS) is 24.9. The molecular formula is C9H11NO3. The Hall–Kier alpha value is -1.32. The zero-order chi connectivity index (χ0) is 10.1. The predicted octanol–water partition coefficient (Wildman–Crippen LogP) is 1.59. The molecule has 0 aromatic rings. The molecule has 4 nitrogen and oxygen atoms in total. The van der Waals surface area contributed by atoms with Gasteiger partial charge in [0.25, 0.3) is 0 Å². The first-order valence-corrected chi connectivity index (χ1v) is 4.09. The average Bonchev–Trinajstić information content (AvgIpc) is 2.07. The van der Waals surface area contributed by atoms with E-state index in [2.05, 4.69) is 5.18 Å². The number of allylic oxidation sites excluding steroid dienone is 1. The highest BCUT2D eigenvalue weighted by Crippen LogP contribution is 2.33. The molecule has 4 heteroatoms. The summed E-state index contributed by atoms with van der Waals surface area (Å²) in [5.74, 6) is -0.549. The Kier molecular flexibility index (Phi) is 2.40. The van der Waals surface area contributed by atoms with Crippen LogP contribution in [-0.4, -0.2) is 11.6 Å². The number of ketones is 2. The summed E-state index contributed by atoms with van der Waals surface area (Å²) in [7, 11) is 0. The summed E-state index contributed by atoms with van der Waals surface area (Å²) in [4.78, 5) is 32.7. The van der Waals surface area contributed by atoms with Crippen molar-refractivity contribution in [2.75, 3.05) is 0 Å². The van der Waals surface area contributed by atoms with E-state index in [1.54, 1.807) is 13.8 Å². The van der Waals surface area contributed by atoms with Crippen LogP contribution in [0.15, 0.2) is 16.9 Å². The number of rotatable bonds is 1. The second kappa shape index (κ2) is 3.20. The van der Waals surface area contributed by atoms with Crippen molar-refractivity contribution in [3.05, 3.63) is 16.7 Å². The summed E-state index contributed by atoms with van der Waals surface area (Å²) in [5.41, 5.74) is -0.587. The summed E-state index contributed by atoms with van der Waals surface area (Å²) in [6, 6.07) is 0. The lowest BCUT2D eigenvalue weighted by Gasteiger charge is -2.27. The fraction of sp³-hybridized carbons (Fsp3) is 0.556. The van der Waals surface area contributed by atoms with Crippen molar-refractivity contribution in [2.24, 2.45) is 10.6 Å². The Balaban J connectivity index is 3.05. The van der Waals surface area contributed by atoms with Crippen LogP contribution in [0.5, 0.6) is 0 Å². The van der Waals surface area contributed by atoms with Gasteiger partial charge in [0.2, 0.25) is 0 Å². The Labute approximate surface area is 76.0 Å². The van der Waals surface area contributed by atoms with Gasteiger partial charge in [-0.2, -0.15) is 0 Å². The molecule has 1 aliphatic carbocycles. The van der Waals surface area contributed by atoms with Gasteiger partial charge in [0.05, 0.1) is 11.8 Å². The van der Waals surface area contributed by atoms with Crippen LogP contribution in [0.4, 0.5) is 0 Å². The first-order valence-electron chi connectivity index (χ1n) is 4.09. The van der Waals surface area contributed by atoms with Gasteiger partial charge in [0, 0.05) is 11.8 Å². The molecule has 0 atom stereocenters.